The van der Waals surface area contributed by atoms with Crippen molar-refractivity contribution in [2.24, 2.45) is 0 Å². The van der Waals surface area contributed by atoms with E-state index in [0.29, 0.717) is 0 Å². The number of methoxy groups -OCH3 is 1. The molecule has 1 atom stereocenters. The van der Waals surface area contributed by atoms with Crippen LogP contribution in [0.25, 0.3) is 0 Å². The molecule has 1 rings (SSSR count). The van der Waals surface area contributed by atoms with Crippen LogP contribution in [0.3, 0.4) is 0 Å². The van der Waals surface area contributed by atoms with Crippen LogP contribution in [0.5, 0.6) is 11.5 Å². The maximum absolute atomic E-state index is 13.6. The summed E-state index contributed by atoms with van der Waals surface area (Å²) in [5.74, 6) is -3.51. The van der Waals surface area contributed by atoms with Crippen molar-refractivity contribution in [3.05, 3.63) is 21.9 Å². The summed E-state index contributed by atoms with van der Waals surface area (Å²) >= 11 is 2.78. The van der Waals surface area contributed by atoms with Gasteiger partial charge in [0, 0.05) is 6.07 Å². The zero-order chi connectivity index (χ0) is 12.5. The molecule has 1 aromatic carbocycles. The molecular weight excluding hydrogens is 287 g/mol. The average molecular weight is 295 g/mol. The first kappa shape index (κ1) is 12.7. The Labute approximate surface area is 98.2 Å². The van der Waals surface area contributed by atoms with Crippen LogP contribution >= 0.6 is 15.9 Å². The maximum Gasteiger partial charge on any atom is 0.337 e. The molecule has 0 bridgehead atoms. The molecule has 0 aliphatic carbocycles. The number of rotatable bonds is 3. The van der Waals surface area contributed by atoms with E-state index in [0.717, 1.165) is 13.2 Å². The van der Waals surface area contributed by atoms with Gasteiger partial charge in [-0.15, -0.1) is 0 Å². The van der Waals surface area contributed by atoms with Gasteiger partial charge in [0.15, 0.2) is 17.6 Å². The lowest BCUT2D eigenvalue weighted by molar-refractivity contribution is -0.147. The fourth-order valence-corrected chi connectivity index (χ4v) is 1.63. The lowest BCUT2D eigenvalue weighted by Crippen LogP contribution is -2.14. The van der Waals surface area contributed by atoms with Gasteiger partial charge in [-0.3, -0.25) is 0 Å². The number of carboxylic acid groups (broad SMARTS) is 1. The summed E-state index contributed by atoms with van der Waals surface area (Å²) < 4.78 is 18.1. The Balaban J connectivity index is 3.50. The van der Waals surface area contributed by atoms with Gasteiger partial charge in [-0.05, 0) is 15.9 Å². The Hall–Kier alpha value is -1.34. The first-order valence-corrected chi connectivity index (χ1v) is 4.85. The molecule has 0 amide bonds. The minimum Gasteiger partial charge on any atom is -0.504 e. The van der Waals surface area contributed by atoms with Gasteiger partial charge in [-0.2, -0.15) is 0 Å². The predicted molar refractivity (Wildman–Crippen MR) is 54.9 cm³/mol. The van der Waals surface area contributed by atoms with Crippen molar-refractivity contribution < 1.29 is 29.2 Å². The SMILES string of the molecule is COc1c(O)cc(Br)c(F)c1C(O)C(=O)O. The van der Waals surface area contributed by atoms with Crippen molar-refractivity contribution in [3.8, 4) is 11.5 Å². The van der Waals surface area contributed by atoms with Crippen LogP contribution in [0, 0.1) is 5.82 Å². The summed E-state index contributed by atoms with van der Waals surface area (Å²) in [6.45, 7) is 0. The Kier molecular flexibility index (Phi) is 3.71. The van der Waals surface area contributed by atoms with Crippen LogP contribution in [0.15, 0.2) is 10.5 Å². The fourth-order valence-electron chi connectivity index (χ4n) is 1.20. The maximum atomic E-state index is 13.6. The van der Waals surface area contributed by atoms with Crippen molar-refractivity contribution in [1.82, 2.24) is 0 Å². The van der Waals surface area contributed by atoms with E-state index in [9.17, 15) is 19.4 Å². The third kappa shape index (κ3) is 2.10. The normalized spacial score (nSPS) is 12.2. The zero-order valence-electron chi connectivity index (χ0n) is 8.07. The van der Waals surface area contributed by atoms with Gasteiger partial charge in [-0.1, -0.05) is 0 Å². The Bertz CT molecular complexity index is 434. The second kappa shape index (κ2) is 4.67. The van der Waals surface area contributed by atoms with Crippen LogP contribution in [0.2, 0.25) is 0 Å². The van der Waals surface area contributed by atoms with E-state index in [1.807, 2.05) is 0 Å². The molecule has 0 heterocycles. The number of carbonyl (C=O) groups is 1. The van der Waals surface area contributed by atoms with E-state index in [1.165, 1.54) is 0 Å². The zero-order valence-corrected chi connectivity index (χ0v) is 9.65. The van der Waals surface area contributed by atoms with Crippen LogP contribution < -0.4 is 4.74 Å². The molecule has 7 heteroatoms. The highest BCUT2D eigenvalue weighted by atomic mass is 79.9. The standard InChI is InChI=1S/C9H8BrFO5/c1-16-8-4(12)2-3(10)6(11)5(8)7(13)9(14)15/h2,7,12-13H,1H3,(H,14,15). The largest absolute Gasteiger partial charge is 0.504 e. The number of phenolic OH excluding ortho intramolecular Hbond substituents is 1. The Morgan fingerprint density at radius 1 is 1.62 bits per heavy atom. The minimum atomic E-state index is -2.11. The summed E-state index contributed by atoms with van der Waals surface area (Å²) in [5, 5.41) is 27.3. The topological polar surface area (TPSA) is 87.0 Å². The number of phenols is 1. The van der Waals surface area contributed by atoms with Crippen molar-refractivity contribution in [2.75, 3.05) is 7.11 Å². The van der Waals surface area contributed by atoms with Crippen LogP contribution in [0.4, 0.5) is 4.39 Å². The monoisotopic (exact) mass is 294 g/mol. The summed E-state index contributed by atoms with van der Waals surface area (Å²) in [6, 6.07) is 1.01. The highest BCUT2D eigenvalue weighted by Crippen LogP contribution is 2.39. The highest BCUT2D eigenvalue weighted by molar-refractivity contribution is 9.10. The van der Waals surface area contributed by atoms with Crippen LogP contribution in [-0.4, -0.2) is 28.4 Å². The lowest BCUT2D eigenvalue weighted by Gasteiger charge is -2.14. The van der Waals surface area contributed by atoms with Crippen molar-refractivity contribution in [3.63, 3.8) is 0 Å². The molecule has 88 valence electrons. The minimum absolute atomic E-state index is 0.166. The molecule has 3 N–H and O–H groups in total. The third-order valence-electron chi connectivity index (χ3n) is 1.90. The summed E-state index contributed by atoms with van der Waals surface area (Å²) in [4.78, 5) is 10.6. The van der Waals surface area contributed by atoms with Crippen LogP contribution in [-0.2, 0) is 4.79 Å². The second-order valence-electron chi connectivity index (χ2n) is 2.88. The van der Waals surface area contributed by atoms with Crippen LogP contribution in [0.1, 0.15) is 11.7 Å². The number of hydrogen-bond donors (Lipinski definition) is 3. The fraction of sp³-hybridized carbons (Fsp3) is 0.222. The molecule has 0 aliphatic heterocycles. The molecule has 0 saturated heterocycles. The number of halogens is 2. The van der Waals surface area contributed by atoms with Gasteiger partial charge in [0.2, 0.25) is 0 Å². The summed E-state index contributed by atoms with van der Waals surface area (Å²) in [7, 11) is 1.13. The summed E-state index contributed by atoms with van der Waals surface area (Å²) in [5.41, 5.74) is -0.623. The Morgan fingerprint density at radius 2 is 2.19 bits per heavy atom. The first-order valence-electron chi connectivity index (χ1n) is 4.05. The molecule has 0 spiro atoms. The van der Waals surface area contributed by atoms with E-state index < -0.39 is 35.0 Å². The third-order valence-corrected chi connectivity index (χ3v) is 2.48. The molecule has 0 radical (unpaired) electrons. The number of carboxylic acids is 1. The smallest absolute Gasteiger partial charge is 0.337 e. The van der Waals surface area contributed by atoms with E-state index in [-0.39, 0.29) is 4.47 Å². The predicted octanol–water partition coefficient (Wildman–Crippen LogP) is 1.42. The van der Waals surface area contributed by atoms with Gasteiger partial charge in [-0.25, -0.2) is 9.18 Å². The quantitative estimate of drug-likeness (QED) is 0.785. The molecule has 16 heavy (non-hydrogen) atoms. The van der Waals surface area contributed by atoms with Gasteiger partial charge in [0.05, 0.1) is 17.1 Å². The highest BCUT2D eigenvalue weighted by Gasteiger charge is 2.28. The number of ether oxygens (including phenoxy) is 1. The number of aliphatic hydroxyl groups is 1. The molecule has 1 aromatic rings. The van der Waals surface area contributed by atoms with Gasteiger partial charge >= 0.3 is 5.97 Å². The van der Waals surface area contributed by atoms with Gasteiger partial charge in [0.25, 0.3) is 0 Å². The number of benzene rings is 1. The van der Waals surface area contributed by atoms with Gasteiger partial charge in [0.1, 0.15) is 5.82 Å². The molecule has 0 aliphatic rings. The molecule has 0 saturated carbocycles. The van der Waals surface area contributed by atoms with Crippen molar-refractivity contribution >= 4 is 21.9 Å². The van der Waals surface area contributed by atoms with Crippen molar-refractivity contribution in [2.45, 2.75) is 6.10 Å². The molecule has 1 unspecified atom stereocenters. The number of aliphatic carboxylic acids is 1. The molecule has 0 aromatic heterocycles. The molecule has 0 fully saturated rings. The molecule has 5 nitrogen and oxygen atoms in total. The first-order chi connectivity index (χ1) is 7.40. The number of aliphatic hydroxyl groups excluding tert-OH is 1. The van der Waals surface area contributed by atoms with E-state index in [2.05, 4.69) is 20.7 Å². The second-order valence-corrected chi connectivity index (χ2v) is 3.73. The summed E-state index contributed by atoms with van der Waals surface area (Å²) in [6.07, 6.45) is -2.11. The van der Waals surface area contributed by atoms with Crippen molar-refractivity contribution in [1.29, 1.82) is 0 Å². The van der Waals surface area contributed by atoms with E-state index in [4.69, 9.17) is 5.11 Å². The Morgan fingerprint density at radius 3 is 2.62 bits per heavy atom. The van der Waals surface area contributed by atoms with E-state index >= 15 is 0 Å². The molecular formula is C9H8BrFO5. The van der Waals surface area contributed by atoms with Gasteiger partial charge < -0.3 is 20.1 Å². The number of aromatic hydroxyl groups is 1. The average Bonchev–Trinajstić information content (AvgIpc) is 2.21. The number of hydrogen-bond acceptors (Lipinski definition) is 4. The lowest BCUT2D eigenvalue weighted by atomic mass is 10.1. The van der Waals surface area contributed by atoms with E-state index in [1.54, 1.807) is 0 Å².